The molecule has 0 bridgehead atoms. The van der Waals surface area contributed by atoms with Crippen LogP contribution in [0.5, 0.6) is 0 Å². The van der Waals surface area contributed by atoms with Gasteiger partial charge in [-0.3, -0.25) is 9.59 Å². The Hall–Kier alpha value is -3.44. The van der Waals surface area contributed by atoms with Gasteiger partial charge in [0.1, 0.15) is 0 Å². The van der Waals surface area contributed by atoms with E-state index in [-0.39, 0.29) is 10.9 Å². The number of hydrogen-bond acceptors (Lipinski definition) is 2. The second kappa shape index (κ2) is 4.31. The highest BCUT2D eigenvalue weighted by atomic mass is 16.1. The third-order valence-electron chi connectivity index (χ3n) is 4.83. The molecule has 0 saturated carbocycles. The Morgan fingerprint density at radius 3 is 2.12 bits per heavy atom. The third-order valence-corrected chi connectivity index (χ3v) is 4.83. The summed E-state index contributed by atoms with van der Waals surface area (Å²) in [5.41, 5.74) is 0.248. The quantitative estimate of drug-likeness (QED) is 0.247. The lowest BCUT2D eigenvalue weighted by Crippen LogP contribution is -2.09. The molecule has 0 N–H and O–H groups in total. The Morgan fingerprint density at radius 2 is 1.33 bits per heavy atom. The number of rotatable bonds is 0. The molecule has 0 fully saturated rings. The van der Waals surface area contributed by atoms with E-state index in [1.165, 1.54) is 12.1 Å². The minimum atomic E-state index is -0.193. The van der Waals surface area contributed by atoms with Crippen LogP contribution in [0.25, 0.3) is 43.1 Å². The van der Waals surface area contributed by atoms with Gasteiger partial charge in [0.15, 0.2) is 10.9 Å². The van der Waals surface area contributed by atoms with Crippen molar-refractivity contribution in [2.24, 2.45) is 0 Å². The molecule has 0 spiro atoms. The van der Waals surface area contributed by atoms with E-state index >= 15 is 0 Å². The van der Waals surface area contributed by atoms with Gasteiger partial charge in [0.2, 0.25) is 0 Å². The van der Waals surface area contributed by atoms with E-state index in [0.717, 1.165) is 32.3 Å². The van der Waals surface area contributed by atoms with Gasteiger partial charge in [-0.2, -0.15) is 0 Å². The first-order valence-electron chi connectivity index (χ1n) is 7.67. The van der Waals surface area contributed by atoms with Crippen molar-refractivity contribution in [2.45, 2.75) is 0 Å². The van der Waals surface area contributed by atoms with Gasteiger partial charge in [-0.15, -0.1) is 6.42 Å². The van der Waals surface area contributed by atoms with Crippen LogP contribution >= 0.6 is 0 Å². The van der Waals surface area contributed by atoms with Crippen LogP contribution in [-0.2, 0) is 0 Å². The Balaban J connectivity index is 2.36. The normalized spacial score (nSPS) is 11.6. The maximum absolute atomic E-state index is 12.8. The molecule has 5 rings (SSSR count). The largest absolute Gasteiger partial charge is 0.289 e. The first-order valence-corrected chi connectivity index (χ1v) is 7.67. The minimum Gasteiger partial charge on any atom is -0.289 e. The van der Waals surface area contributed by atoms with Gasteiger partial charge in [0.25, 0.3) is 0 Å². The standard InChI is InChI=1S/C22H10O2/c1-2-12-11-18(24)22-20-14(12)6-4-8-16(20)15-7-3-5-13-9-10-17(23)21(22)19(13)15/h1,3-11H. The molecule has 5 aromatic rings. The predicted octanol–water partition coefficient (Wildman–Crippen LogP) is 3.88. The maximum Gasteiger partial charge on any atom is 0.188 e. The van der Waals surface area contributed by atoms with Gasteiger partial charge in [-0.1, -0.05) is 48.4 Å². The summed E-state index contributed by atoms with van der Waals surface area (Å²) in [6, 6.07) is 16.6. The molecule has 2 heteroatoms. The van der Waals surface area contributed by atoms with E-state index in [0.29, 0.717) is 16.3 Å². The highest BCUT2D eigenvalue weighted by molar-refractivity contribution is 6.33. The lowest BCUT2D eigenvalue weighted by atomic mass is 9.88. The van der Waals surface area contributed by atoms with Gasteiger partial charge in [0, 0.05) is 33.2 Å². The molecule has 0 saturated heterocycles. The molecular weight excluding hydrogens is 296 g/mol. The molecular formula is C22H10O2. The minimum absolute atomic E-state index is 0.128. The Bertz CT molecular complexity index is 1440. The first-order chi connectivity index (χ1) is 11.7. The highest BCUT2D eigenvalue weighted by Gasteiger charge is 2.18. The van der Waals surface area contributed by atoms with Crippen LogP contribution in [0.15, 0.2) is 64.2 Å². The van der Waals surface area contributed by atoms with Gasteiger partial charge in [-0.25, -0.2) is 0 Å². The first kappa shape index (κ1) is 13.0. The van der Waals surface area contributed by atoms with E-state index < -0.39 is 0 Å². The molecule has 5 aromatic carbocycles. The summed E-state index contributed by atoms with van der Waals surface area (Å²) in [6.45, 7) is 0. The molecule has 24 heavy (non-hydrogen) atoms. The van der Waals surface area contributed by atoms with Crippen LogP contribution in [0.1, 0.15) is 5.56 Å². The van der Waals surface area contributed by atoms with Crippen molar-refractivity contribution in [3.63, 3.8) is 0 Å². The Morgan fingerprint density at radius 1 is 0.667 bits per heavy atom. The van der Waals surface area contributed by atoms with Gasteiger partial charge < -0.3 is 0 Å². The SMILES string of the molecule is C#Cc1cc(=O)c2c3c(=O)ccc4cccc(c5cccc1c52)c43. The van der Waals surface area contributed by atoms with Crippen molar-refractivity contribution in [3.05, 3.63) is 80.6 Å². The summed E-state index contributed by atoms with van der Waals surface area (Å²) in [4.78, 5) is 25.4. The third kappa shape index (κ3) is 1.42. The Kier molecular flexibility index (Phi) is 2.34. The average Bonchev–Trinajstić information content (AvgIpc) is 2.61. The van der Waals surface area contributed by atoms with Crippen LogP contribution in [-0.4, -0.2) is 0 Å². The zero-order valence-corrected chi connectivity index (χ0v) is 12.6. The van der Waals surface area contributed by atoms with Crippen molar-refractivity contribution in [1.29, 1.82) is 0 Å². The fraction of sp³-hybridized carbons (Fsp3) is 0. The smallest absolute Gasteiger partial charge is 0.188 e. The summed E-state index contributed by atoms with van der Waals surface area (Å²) < 4.78 is 0. The number of benzene rings is 5. The van der Waals surface area contributed by atoms with Crippen molar-refractivity contribution >= 4 is 43.1 Å². The fourth-order valence-corrected chi connectivity index (χ4v) is 3.88. The molecule has 2 nitrogen and oxygen atoms in total. The summed E-state index contributed by atoms with van der Waals surface area (Å²) >= 11 is 0. The maximum atomic E-state index is 12.8. The van der Waals surface area contributed by atoms with Crippen LogP contribution < -0.4 is 10.9 Å². The van der Waals surface area contributed by atoms with Crippen LogP contribution in [0, 0.1) is 12.3 Å². The van der Waals surface area contributed by atoms with Crippen LogP contribution in [0.4, 0.5) is 0 Å². The zero-order chi connectivity index (χ0) is 16.4. The molecule has 0 aliphatic heterocycles. The van der Waals surface area contributed by atoms with Crippen LogP contribution in [0.2, 0.25) is 0 Å². The summed E-state index contributed by atoms with van der Waals surface area (Å²) in [5.74, 6) is 2.60. The summed E-state index contributed by atoms with van der Waals surface area (Å²) in [7, 11) is 0. The van der Waals surface area contributed by atoms with Gasteiger partial charge in [-0.05, 0) is 27.6 Å². The van der Waals surface area contributed by atoms with E-state index in [4.69, 9.17) is 6.42 Å². The van der Waals surface area contributed by atoms with Crippen molar-refractivity contribution < 1.29 is 0 Å². The molecule has 0 aromatic heterocycles. The topological polar surface area (TPSA) is 34.1 Å². The lowest BCUT2D eigenvalue weighted by molar-refractivity contribution is 1.65. The van der Waals surface area contributed by atoms with E-state index in [1.807, 2.05) is 42.5 Å². The zero-order valence-electron chi connectivity index (χ0n) is 12.6. The highest BCUT2D eigenvalue weighted by Crippen LogP contribution is 2.37. The number of terminal acetylenes is 1. The lowest BCUT2D eigenvalue weighted by Gasteiger charge is -2.13. The molecule has 0 aliphatic rings. The molecule has 0 aliphatic carbocycles. The summed E-state index contributed by atoms with van der Waals surface area (Å²) in [5, 5.41) is 6.37. The monoisotopic (exact) mass is 306 g/mol. The van der Waals surface area contributed by atoms with E-state index in [9.17, 15) is 9.59 Å². The molecule has 110 valence electrons. The summed E-state index contributed by atoms with van der Waals surface area (Å²) in [6.07, 6.45) is 5.59. The number of hydrogen-bond donors (Lipinski definition) is 0. The second-order valence-corrected chi connectivity index (χ2v) is 6.01. The molecule has 0 unspecified atom stereocenters. The van der Waals surface area contributed by atoms with Crippen molar-refractivity contribution in [2.75, 3.05) is 0 Å². The molecule has 0 amide bonds. The van der Waals surface area contributed by atoms with Gasteiger partial charge in [0.05, 0.1) is 0 Å². The van der Waals surface area contributed by atoms with E-state index in [1.54, 1.807) is 0 Å². The van der Waals surface area contributed by atoms with Crippen molar-refractivity contribution in [1.82, 2.24) is 0 Å². The average molecular weight is 306 g/mol. The predicted molar refractivity (Wildman–Crippen MR) is 99.3 cm³/mol. The molecule has 0 heterocycles. The number of fused-ring (bicyclic) bond motifs is 2. The van der Waals surface area contributed by atoms with Gasteiger partial charge >= 0.3 is 0 Å². The van der Waals surface area contributed by atoms with E-state index in [2.05, 4.69) is 5.92 Å². The molecule has 0 radical (unpaired) electrons. The van der Waals surface area contributed by atoms with Crippen LogP contribution in [0.3, 0.4) is 0 Å². The molecule has 0 atom stereocenters. The second-order valence-electron chi connectivity index (χ2n) is 6.01. The van der Waals surface area contributed by atoms with Crippen molar-refractivity contribution in [3.8, 4) is 12.3 Å². The fourth-order valence-electron chi connectivity index (χ4n) is 3.88. The Labute approximate surface area is 136 Å².